The van der Waals surface area contributed by atoms with Crippen molar-refractivity contribution in [2.75, 3.05) is 6.54 Å². The van der Waals surface area contributed by atoms with Gasteiger partial charge in [0.25, 0.3) is 0 Å². The largest absolute Gasteiger partial charge is 0.376 e. The van der Waals surface area contributed by atoms with Gasteiger partial charge in [-0.3, -0.25) is 0 Å². The third-order valence-corrected chi connectivity index (χ3v) is 0.620. The summed E-state index contributed by atoms with van der Waals surface area (Å²) in [5.74, 6) is 0. The van der Waals surface area contributed by atoms with Gasteiger partial charge in [0, 0.05) is 6.54 Å². The van der Waals surface area contributed by atoms with E-state index >= 15 is 0 Å². The standard InChI is InChI=1S/C4H9N2S/c1-2-3-6-4(5)7/h1-3H2,(H3,5,6,7). The summed E-state index contributed by atoms with van der Waals surface area (Å²) in [7, 11) is 0. The first-order valence-corrected chi connectivity index (χ1v) is 2.50. The molecule has 0 aromatic heterocycles. The molecule has 3 N–H and O–H groups in total. The fourth-order valence-electron chi connectivity index (χ4n) is 0.212. The highest BCUT2D eigenvalue weighted by atomic mass is 32.1. The Labute approximate surface area is 49.1 Å². The zero-order chi connectivity index (χ0) is 5.70. The minimum absolute atomic E-state index is 0.351. The lowest BCUT2D eigenvalue weighted by Gasteiger charge is -1.96. The summed E-state index contributed by atoms with van der Waals surface area (Å²) in [6.45, 7) is 4.35. The molecule has 0 aliphatic rings. The Balaban J connectivity index is 2.82. The van der Waals surface area contributed by atoms with Crippen LogP contribution in [0, 0.1) is 6.92 Å². The molecular formula is C4H9N2S. The molecule has 0 fully saturated rings. The Bertz CT molecular complexity index is 62.7. The normalized spacial score (nSPS) is 8.14. The average Bonchev–Trinajstić information content (AvgIpc) is 1.61. The van der Waals surface area contributed by atoms with Crippen molar-refractivity contribution in [2.24, 2.45) is 5.73 Å². The topological polar surface area (TPSA) is 38.0 Å². The Morgan fingerprint density at radius 2 is 2.43 bits per heavy atom. The molecular weight excluding hydrogens is 108 g/mol. The van der Waals surface area contributed by atoms with Crippen LogP contribution in [0.2, 0.25) is 0 Å². The van der Waals surface area contributed by atoms with Crippen LogP contribution in [0.4, 0.5) is 0 Å². The van der Waals surface area contributed by atoms with Gasteiger partial charge >= 0.3 is 0 Å². The van der Waals surface area contributed by atoms with Crippen LogP contribution in [0.3, 0.4) is 0 Å². The second-order valence-electron chi connectivity index (χ2n) is 1.14. The van der Waals surface area contributed by atoms with E-state index in [-0.39, 0.29) is 0 Å². The van der Waals surface area contributed by atoms with E-state index in [2.05, 4.69) is 24.5 Å². The van der Waals surface area contributed by atoms with Gasteiger partial charge in [-0.1, -0.05) is 6.92 Å². The molecule has 0 bridgehead atoms. The first-order chi connectivity index (χ1) is 3.27. The van der Waals surface area contributed by atoms with E-state index < -0.39 is 0 Å². The summed E-state index contributed by atoms with van der Waals surface area (Å²) < 4.78 is 0. The van der Waals surface area contributed by atoms with Crippen LogP contribution in [0.25, 0.3) is 0 Å². The molecule has 0 aromatic carbocycles. The minimum Gasteiger partial charge on any atom is -0.376 e. The van der Waals surface area contributed by atoms with Gasteiger partial charge in [-0.15, -0.1) is 0 Å². The number of hydrogen-bond donors (Lipinski definition) is 2. The maximum atomic E-state index is 5.07. The lowest BCUT2D eigenvalue weighted by atomic mass is 10.5. The molecule has 0 amide bonds. The fraction of sp³-hybridized carbons (Fsp3) is 0.500. The van der Waals surface area contributed by atoms with Crippen LogP contribution in [0.5, 0.6) is 0 Å². The molecule has 0 heterocycles. The SMILES string of the molecule is [CH2]CCNC(N)=S. The van der Waals surface area contributed by atoms with Crippen molar-refractivity contribution in [1.29, 1.82) is 0 Å². The molecule has 2 nitrogen and oxygen atoms in total. The van der Waals surface area contributed by atoms with Crippen molar-refractivity contribution in [2.45, 2.75) is 6.42 Å². The quantitative estimate of drug-likeness (QED) is 0.502. The lowest BCUT2D eigenvalue weighted by molar-refractivity contribution is 0.891. The molecule has 0 spiro atoms. The monoisotopic (exact) mass is 117 g/mol. The van der Waals surface area contributed by atoms with Crippen LogP contribution in [0.1, 0.15) is 6.42 Å². The van der Waals surface area contributed by atoms with Crippen molar-refractivity contribution < 1.29 is 0 Å². The first kappa shape index (κ1) is 6.69. The van der Waals surface area contributed by atoms with Gasteiger partial charge in [-0.25, -0.2) is 0 Å². The van der Waals surface area contributed by atoms with E-state index in [9.17, 15) is 0 Å². The minimum atomic E-state index is 0.351. The van der Waals surface area contributed by atoms with E-state index in [0.717, 1.165) is 13.0 Å². The van der Waals surface area contributed by atoms with Crippen LogP contribution in [0.15, 0.2) is 0 Å². The summed E-state index contributed by atoms with van der Waals surface area (Å²) in [6, 6.07) is 0. The van der Waals surface area contributed by atoms with Crippen LogP contribution in [-0.4, -0.2) is 11.7 Å². The number of nitrogens with one attached hydrogen (secondary N) is 1. The van der Waals surface area contributed by atoms with E-state index in [1.165, 1.54) is 0 Å². The zero-order valence-electron chi connectivity index (χ0n) is 4.11. The smallest absolute Gasteiger partial charge is 0.163 e. The summed E-state index contributed by atoms with van der Waals surface area (Å²) in [5.41, 5.74) is 5.07. The van der Waals surface area contributed by atoms with E-state index in [1.807, 2.05) is 0 Å². The van der Waals surface area contributed by atoms with Crippen LogP contribution < -0.4 is 11.1 Å². The zero-order valence-corrected chi connectivity index (χ0v) is 4.92. The lowest BCUT2D eigenvalue weighted by Crippen LogP contribution is -2.29. The number of rotatable bonds is 2. The fourth-order valence-corrected chi connectivity index (χ4v) is 0.314. The predicted molar refractivity (Wildman–Crippen MR) is 34.8 cm³/mol. The molecule has 0 aromatic rings. The van der Waals surface area contributed by atoms with Crippen LogP contribution in [-0.2, 0) is 0 Å². The van der Waals surface area contributed by atoms with Crippen molar-refractivity contribution in [3.05, 3.63) is 6.92 Å². The molecule has 0 atom stereocenters. The van der Waals surface area contributed by atoms with Crippen molar-refractivity contribution in [3.63, 3.8) is 0 Å². The van der Waals surface area contributed by atoms with Gasteiger partial charge in [0.15, 0.2) is 5.11 Å². The highest BCUT2D eigenvalue weighted by molar-refractivity contribution is 7.80. The maximum Gasteiger partial charge on any atom is 0.163 e. The highest BCUT2D eigenvalue weighted by Crippen LogP contribution is 1.65. The number of hydrogen-bond acceptors (Lipinski definition) is 1. The predicted octanol–water partition coefficient (Wildman–Crippen LogP) is 0.0438. The summed E-state index contributed by atoms with van der Waals surface area (Å²) in [6.07, 6.45) is 0.817. The van der Waals surface area contributed by atoms with E-state index in [4.69, 9.17) is 5.73 Å². The molecule has 3 heteroatoms. The molecule has 0 saturated heterocycles. The van der Waals surface area contributed by atoms with Gasteiger partial charge in [0.1, 0.15) is 0 Å². The Morgan fingerprint density at radius 1 is 1.86 bits per heavy atom. The van der Waals surface area contributed by atoms with Gasteiger partial charge in [0.05, 0.1) is 0 Å². The van der Waals surface area contributed by atoms with Crippen molar-refractivity contribution in [1.82, 2.24) is 5.32 Å². The average molecular weight is 117 g/mol. The Morgan fingerprint density at radius 3 is 2.57 bits per heavy atom. The molecule has 0 aliphatic carbocycles. The van der Waals surface area contributed by atoms with Crippen LogP contribution >= 0.6 is 12.2 Å². The Hall–Kier alpha value is -0.310. The highest BCUT2D eigenvalue weighted by Gasteiger charge is 1.79. The number of nitrogens with two attached hydrogens (primary N) is 1. The molecule has 0 saturated carbocycles. The molecule has 1 radical (unpaired) electrons. The van der Waals surface area contributed by atoms with Gasteiger partial charge < -0.3 is 11.1 Å². The molecule has 0 aliphatic heterocycles. The third kappa shape index (κ3) is 5.69. The molecule has 41 valence electrons. The summed E-state index contributed by atoms with van der Waals surface area (Å²) in [5, 5.41) is 3.09. The van der Waals surface area contributed by atoms with Gasteiger partial charge in [-0.05, 0) is 18.6 Å². The maximum absolute atomic E-state index is 5.07. The summed E-state index contributed by atoms with van der Waals surface area (Å²) >= 11 is 4.50. The van der Waals surface area contributed by atoms with Crippen molar-refractivity contribution in [3.8, 4) is 0 Å². The second kappa shape index (κ2) is 3.87. The third-order valence-electron chi connectivity index (χ3n) is 0.476. The summed E-state index contributed by atoms with van der Waals surface area (Å²) in [4.78, 5) is 0. The van der Waals surface area contributed by atoms with Gasteiger partial charge in [0.2, 0.25) is 0 Å². The van der Waals surface area contributed by atoms with Gasteiger partial charge in [-0.2, -0.15) is 0 Å². The molecule has 7 heavy (non-hydrogen) atoms. The van der Waals surface area contributed by atoms with E-state index in [0.29, 0.717) is 5.11 Å². The molecule has 0 unspecified atom stereocenters. The second-order valence-corrected chi connectivity index (χ2v) is 1.58. The van der Waals surface area contributed by atoms with E-state index in [1.54, 1.807) is 0 Å². The number of thiocarbonyl (C=S) groups is 1. The first-order valence-electron chi connectivity index (χ1n) is 2.10. The van der Waals surface area contributed by atoms with Crippen molar-refractivity contribution >= 4 is 17.3 Å². The Kier molecular flexibility index (Phi) is 3.69. The molecule has 0 rings (SSSR count).